The van der Waals surface area contributed by atoms with Crippen molar-refractivity contribution in [1.29, 1.82) is 0 Å². The number of nitrogens with one attached hydrogen (secondary N) is 2. The predicted octanol–water partition coefficient (Wildman–Crippen LogP) is 2.56. The van der Waals surface area contributed by atoms with Crippen LogP contribution in [0.4, 0.5) is 5.69 Å². The molecule has 2 heterocycles. The lowest BCUT2D eigenvalue weighted by Crippen LogP contribution is -2.46. The van der Waals surface area contributed by atoms with Gasteiger partial charge in [0, 0.05) is 31.1 Å². The number of carbonyl (C=O) groups is 2. The van der Waals surface area contributed by atoms with Crippen molar-refractivity contribution in [2.24, 2.45) is 0 Å². The molecule has 2 aliphatic rings. The Hall–Kier alpha value is -2.37. The van der Waals surface area contributed by atoms with Crippen LogP contribution < -0.4 is 10.6 Å². The highest BCUT2D eigenvalue weighted by Crippen LogP contribution is 2.45. The van der Waals surface area contributed by atoms with Crippen molar-refractivity contribution >= 4 is 29.1 Å². The fourth-order valence-corrected chi connectivity index (χ4v) is 3.85. The van der Waals surface area contributed by atoms with Crippen LogP contribution in [0, 0.1) is 0 Å². The summed E-state index contributed by atoms with van der Waals surface area (Å²) >= 11 is 6.20. The van der Waals surface area contributed by atoms with Crippen LogP contribution in [-0.2, 0) is 10.5 Å². The number of carbonyl (C=O) groups excluding carboxylic acids is 2. The average Bonchev–Trinajstić information content (AvgIpc) is 3.09. The molecular weight excluding hydrogens is 326 g/mol. The molecule has 0 radical (unpaired) electrons. The largest absolute Gasteiger partial charge is 0.325 e. The zero-order valence-corrected chi connectivity index (χ0v) is 13.9. The predicted molar refractivity (Wildman–Crippen MR) is 92.0 cm³/mol. The van der Waals surface area contributed by atoms with Crippen molar-refractivity contribution in [3.63, 3.8) is 0 Å². The van der Waals surface area contributed by atoms with Crippen LogP contribution in [0.2, 0.25) is 5.02 Å². The van der Waals surface area contributed by atoms with E-state index in [1.807, 2.05) is 41.3 Å². The van der Waals surface area contributed by atoms with E-state index in [-0.39, 0.29) is 11.8 Å². The van der Waals surface area contributed by atoms with Crippen molar-refractivity contribution in [3.05, 3.63) is 64.2 Å². The highest BCUT2D eigenvalue weighted by molar-refractivity contribution is 6.33. The fraction of sp³-hybridized carbons (Fsp3) is 0.222. The van der Waals surface area contributed by atoms with Crippen LogP contribution >= 0.6 is 11.6 Å². The van der Waals surface area contributed by atoms with E-state index in [4.69, 9.17) is 11.6 Å². The monoisotopic (exact) mass is 341 g/mol. The number of hydrogen-bond acceptors (Lipinski definition) is 3. The third-order valence-electron chi connectivity index (χ3n) is 4.61. The van der Waals surface area contributed by atoms with Gasteiger partial charge in [0.15, 0.2) is 0 Å². The standard InChI is InChI=1S/C18H16ClN3O2/c1-11(23)21-16-10-12(6-7-15(16)19)18-14-5-3-2-4-13(14)17(24)22(18)9-8-20-18/h2-7,10,20H,8-9H2,1H3,(H,21,23). The Morgan fingerprint density at radius 2 is 2.08 bits per heavy atom. The summed E-state index contributed by atoms with van der Waals surface area (Å²) in [5.74, 6) is -0.169. The lowest BCUT2D eigenvalue weighted by Gasteiger charge is -2.34. The Balaban J connectivity index is 1.91. The number of halogens is 1. The van der Waals surface area contributed by atoms with Gasteiger partial charge in [0.25, 0.3) is 5.91 Å². The minimum atomic E-state index is -0.703. The molecule has 1 unspecified atom stereocenters. The molecule has 1 atom stereocenters. The van der Waals surface area contributed by atoms with Crippen LogP contribution in [0.15, 0.2) is 42.5 Å². The van der Waals surface area contributed by atoms with E-state index in [2.05, 4.69) is 10.6 Å². The molecule has 2 amide bonds. The molecule has 2 aromatic rings. The van der Waals surface area contributed by atoms with Crippen LogP contribution in [0.3, 0.4) is 0 Å². The summed E-state index contributed by atoms with van der Waals surface area (Å²) in [6, 6.07) is 13.1. The zero-order chi connectivity index (χ0) is 16.9. The van der Waals surface area contributed by atoms with Gasteiger partial charge in [-0.1, -0.05) is 35.9 Å². The second kappa shape index (κ2) is 5.33. The number of hydrogen-bond donors (Lipinski definition) is 2. The third kappa shape index (κ3) is 1.98. The molecule has 1 saturated heterocycles. The molecular formula is C18H16ClN3O2. The number of nitrogens with zero attached hydrogens (tertiary/aromatic N) is 1. The second-order valence-electron chi connectivity index (χ2n) is 6.02. The van der Waals surface area contributed by atoms with Crippen LogP contribution in [0.5, 0.6) is 0 Å². The average molecular weight is 342 g/mol. The molecule has 24 heavy (non-hydrogen) atoms. The van der Waals surface area contributed by atoms with E-state index in [1.54, 1.807) is 6.07 Å². The Bertz CT molecular complexity index is 867. The van der Waals surface area contributed by atoms with Gasteiger partial charge in [-0.15, -0.1) is 0 Å². The first-order valence-electron chi connectivity index (χ1n) is 7.78. The maximum atomic E-state index is 12.8. The smallest absolute Gasteiger partial charge is 0.256 e. The molecule has 0 spiro atoms. The van der Waals surface area contributed by atoms with E-state index in [1.165, 1.54) is 6.92 Å². The zero-order valence-electron chi connectivity index (χ0n) is 13.1. The molecule has 5 nitrogen and oxygen atoms in total. The summed E-state index contributed by atoms with van der Waals surface area (Å²) in [7, 11) is 0. The Morgan fingerprint density at radius 1 is 1.29 bits per heavy atom. The Morgan fingerprint density at radius 3 is 2.88 bits per heavy atom. The van der Waals surface area contributed by atoms with Crippen molar-refractivity contribution in [1.82, 2.24) is 10.2 Å². The number of benzene rings is 2. The lowest BCUT2D eigenvalue weighted by molar-refractivity contribution is -0.114. The second-order valence-corrected chi connectivity index (χ2v) is 6.42. The molecule has 0 aliphatic carbocycles. The summed E-state index contributed by atoms with van der Waals surface area (Å²) in [6.45, 7) is 2.78. The van der Waals surface area contributed by atoms with Gasteiger partial charge in [-0.05, 0) is 23.8 Å². The van der Waals surface area contributed by atoms with Crippen LogP contribution in [-0.4, -0.2) is 29.8 Å². The molecule has 2 aliphatic heterocycles. The summed E-state index contributed by atoms with van der Waals surface area (Å²) in [6.07, 6.45) is 0. The van der Waals surface area contributed by atoms with Gasteiger partial charge in [0.05, 0.1) is 10.7 Å². The first-order valence-corrected chi connectivity index (χ1v) is 8.16. The van der Waals surface area contributed by atoms with Crippen molar-refractivity contribution in [2.75, 3.05) is 18.4 Å². The Kier molecular flexibility index (Phi) is 3.37. The Labute approximate surface area is 144 Å². The van der Waals surface area contributed by atoms with Gasteiger partial charge in [-0.25, -0.2) is 0 Å². The topological polar surface area (TPSA) is 61.4 Å². The van der Waals surface area contributed by atoms with E-state index in [0.29, 0.717) is 29.4 Å². The molecule has 1 fully saturated rings. The van der Waals surface area contributed by atoms with Crippen molar-refractivity contribution in [3.8, 4) is 0 Å². The molecule has 0 bridgehead atoms. The lowest BCUT2D eigenvalue weighted by atomic mass is 9.91. The van der Waals surface area contributed by atoms with E-state index >= 15 is 0 Å². The molecule has 6 heteroatoms. The molecule has 0 aromatic heterocycles. The van der Waals surface area contributed by atoms with E-state index < -0.39 is 5.66 Å². The number of amides is 2. The van der Waals surface area contributed by atoms with Crippen LogP contribution in [0.1, 0.15) is 28.4 Å². The molecule has 2 aromatic carbocycles. The minimum Gasteiger partial charge on any atom is -0.325 e. The maximum Gasteiger partial charge on any atom is 0.256 e. The quantitative estimate of drug-likeness (QED) is 0.882. The van der Waals surface area contributed by atoms with Gasteiger partial charge >= 0.3 is 0 Å². The first kappa shape index (κ1) is 15.2. The minimum absolute atomic E-state index is 0.0200. The van der Waals surface area contributed by atoms with Gasteiger partial charge < -0.3 is 10.2 Å². The SMILES string of the molecule is CC(=O)Nc1cc(C23NCCN2C(=O)c2ccccc23)ccc1Cl. The molecule has 4 rings (SSSR count). The van der Waals surface area contributed by atoms with Crippen LogP contribution in [0.25, 0.3) is 0 Å². The maximum absolute atomic E-state index is 12.8. The van der Waals surface area contributed by atoms with Crippen molar-refractivity contribution < 1.29 is 9.59 Å². The molecule has 2 N–H and O–H groups in total. The summed E-state index contributed by atoms with van der Waals surface area (Å²) in [5, 5.41) is 6.70. The number of anilines is 1. The number of fused-ring (bicyclic) bond motifs is 3. The van der Waals surface area contributed by atoms with Gasteiger partial charge in [0.1, 0.15) is 5.66 Å². The highest BCUT2D eigenvalue weighted by atomic mass is 35.5. The van der Waals surface area contributed by atoms with Crippen molar-refractivity contribution in [2.45, 2.75) is 12.6 Å². The van der Waals surface area contributed by atoms with E-state index in [0.717, 1.165) is 11.1 Å². The summed E-state index contributed by atoms with van der Waals surface area (Å²) in [5.41, 5.74) is 2.36. The van der Waals surface area contributed by atoms with Gasteiger partial charge in [-0.2, -0.15) is 0 Å². The van der Waals surface area contributed by atoms with Gasteiger partial charge in [-0.3, -0.25) is 14.9 Å². The summed E-state index contributed by atoms with van der Waals surface area (Å²) < 4.78 is 0. The number of rotatable bonds is 2. The fourth-order valence-electron chi connectivity index (χ4n) is 3.69. The normalized spacial score (nSPS) is 21.6. The first-order chi connectivity index (χ1) is 11.5. The third-order valence-corrected chi connectivity index (χ3v) is 4.94. The highest BCUT2D eigenvalue weighted by Gasteiger charge is 2.53. The molecule has 122 valence electrons. The van der Waals surface area contributed by atoms with E-state index in [9.17, 15) is 9.59 Å². The van der Waals surface area contributed by atoms with Gasteiger partial charge in [0.2, 0.25) is 5.91 Å². The summed E-state index contributed by atoms with van der Waals surface area (Å²) in [4.78, 5) is 26.0. The molecule has 0 saturated carbocycles.